The lowest BCUT2D eigenvalue weighted by Crippen LogP contribution is -2.35. The number of hydrogen-bond acceptors (Lipinski definition) is 2. The van der Waals surface area contributed by atoms with Crippen LogP contribution in [0.1, 0.15) is 56.7 Å². The number of aryl methyl sites for hydroxylation is 1. The van der Waals surface area contributed by atoms with Gasteiger partial charge in [0.15, 0.2) is 0 Å². The fourth-order valence-corrected chi connectivity index (χ4v) is 3.56. The molecule has 1 aliphatic heterocycles. The van der Waals surface area contributed by atoms with Crippen LogP contribution in [0, 0.1) is 5.92 Å². The molecule has 20 heavy (non-hydrogen) atoms. The Morgan fingerprint density at radius 1 is 1.20 bits per heavy atom. The van der Waals surface area contributed by atoms with Gasteiger partial charge in [-0.2, -0.15) is 0 Å². The molecule has 0 radical (unpaired) electrons. The molecule has 0 bridgehead atoms. The van der Waals surface area contributed by atoms with E-state index < -0.39 is 0 Å². The van der Waals surface area contributed by atoms with Gasteiger partial charge in [-0.3, -0.25) is 4.90 Å². The Bertz CT molecular complexity index is 402. The van der Waals surface area contributed by atoms with Crippen LogP contribution in [0.15, 0.2) is 24.3 Å². The highest BCUT2D eigenvalue weighted by Gasteiger charge is 2.24. The van der Waals surface area contributed by atoms with Crippen LogP contribution in [0.4, 0.5) is 0 Å². The minimum atomic E-state index is 0.404. The van der Waals surface area contributed by atoms with E-state index in [9.17, 15) is 0 Å². The first-order chi connectivity index (χ1) is 9.80. The standard InChI is InChI=1S/C18H30N2/c1-3-15-8-7-12-20(13-11-15)18(14-19)17-10-6-5-9-16(17)4-2/h5-6,9-10,15,18H,3-4,7-8,11-14,19H2,1-2H3. The Balaban J connectivity index is 2.15. The Morgan fingerprint density at radius 2 is 2.00 bits per heavy atom. The van der Waals surface area contributed by atoms with Crippen LogP contribution in [0.25, 0.3) is 0 Å². The topological polar surface area (TPSA) is 29.3 Å². The van der Waals surface area contributed by atoms with Gasteiger partial charge in [0.2, 0.25) is 0 Å². The lowest BCUT2D eigenvalue weighted by atomic mass is 9.97. The second kappa shape index (κ2) is 7.80. The highest BCUT2D eigenvalue weighted by molar-refractivity contribution is 5.30. The fourth-order valence-electron chi connectivity index (χ4n) is 3.56. The maximum atomic E-state index is 6.14. The molecule has 1 fully saturated rings. The maximum Gasteiger partial charge on any atom is 0.0473 e. The molecule has 0 amide bonds. The van der Waals surface area contributed by atoms with Crippen molar-refractivity contribution in [1.29, 1.82) is 0 Å². The molecule has 2 nitrogen and oxygen atoms in total. The van der Waals surface area contributed by atoms with Crippen molar-refractivity contribution in [3.05, 3.63) is 35.4 Å². The van der Waals surface area contributed by atoms with Crippen LogP contribution in [-0.2, 0) is 6.42 Å². The summed E-state index contributed by atoms with van der Waals surface area (Å²) in [6.07, 6.45) is 6.47. The highest BCUT2D eigenvalue weighted by Crippen LogP contribution is 2.28. The number of nitrogens with two attached hydrogens (primary N) is 1. The van der Waals surface area contributed by atoms with Crippen LogP contribution in [0.5, 0.6) is 0 Å². The van der Waals surface area contributed by atoms with E-state index >= 15 is 0 Å². The maximum absolute atomic E-state index is 6.14. The zero-order valence-corrected chi connectivity index (χ0v) is 13.1. The van der Waals surface area contributed by atoms with Crippen molar-refractivity contribution in [2.45, 2.75) is 52.0 Å². The Labute approximate surface area is 124 Å². The van der Waals surface area contributed by atoms with Crippen LogP contribution in [-0.4, -0.2) is 24.5 Å². The summed E-state index contributed by atoms with van der Waals surface area (Å²) in [6.45, 7) is 7.71. The minimum Gasteiger partial charge on any atom is -0.329 e. The summed E-state index contributed by atoms with van der Waals surface area (Å²) in [7, 11) is 0. The van der Waals surface area contributed by atoms with Crippen LogP contribution >= 0.6 is 0 Å². The summed E-state index contributed by atoms with van der Waals surface area (Å²) in [5.41, 5.74) is 9.04. The molecule has 2 unspecified atom stereocenters. The molecule has 1 aromatic carbocycles. The number of rotatable bonds is 5. The van der Waals surface area contributed by atoms with E-state index in [0.717, 1.165) is 18.9 Å². The normalized spacial score (nSPS) is 22.4. The molecule has 0 aromatic heterocycles. The van der Waals surface area contributed by atoms with Gasteiger partial charge in [0, 0.05) is 12.6 Å². The van der Waals surface area contributed by atoms with Gasteiger partial charge in [-0.05, 0) is 55.8 Å². The Morgan fingerprint density at radius 3 is 2.70 bits per heavy atom. The van der Waals surface area contributed by atoms with Crippen LogP contribution < -0.4 is 5.73 Å². The van der Waals surface area contributed by atoms with Gasteiger partial charge in [0.05, 0.1) is 0 Å². The van der Waals surface area contributed by atoms with E-state index in [2.05, 4.69) is 43.0 Å². The molecular weight excluding hydrogens is 244 g/mol. The largest absolute Gasteiger partial charge is 0.329 e. The van der Waals surface area contributed by atoms with Crippen LogP contribution in [0.2, 0.25) is 0 Å². The molecule has 0 aliphatic carbocycles. The van der Waals surface area contributed by atoms with Crippen molar-refractivity contribution in [3.8, 4) is 0 Å². The predicted molar refractivity (Wildman–Crippen MR) is 86.8 cm³/mol. The quantitative estimate of drug-likeness (QED) is 0.886. The van der Waals surface area contributed by atoms with Crippen molar-refractivity contribution >= 4 is 0 Å². The third-order valence-corrected chi connectivity index (χ3v) is 4.92. The minimum absolute atomic E-state index is 0.404. The molecular formula is C18H30N2. The van der Waals surface area contributed by atoms with Gasteiger partial charge in [0.25, 0.3) is 0 Å². The summed E-state index contributed by atoms with van der Waals surface area (Å²) < 4.78 is 0. The molecule has 1 aliphatic rings. The molecule has 1 heterocycles. The first kappa shape index (κ1) is 15.5. The summed E-state index contributed by atoms with van der Waals surface area (Å²) in [4.78, 5) is 2.63. The monoisotopic (exact) mass is 274 g/mol. The number of likely N-dealkylation sites (tertiary alicyclic amines) is 1. The average Bonchev–Trinajstić information content (AvgIpc) is 2.74. The lowest BCUT2D eigenvalue weighted by molar-refractivity contribution is 0.206. The lowest BCUT2D eigenvalue weighted by Gasteiger charge is -2.31. The molecule has 2 rings (SSSR count). The third-order valence-electron chi connectivity index (χ3n) is 4.92. The molecule has 1 saturated heterocycles. The van der Waals surface area contributed by atoms with Crippen molar-refractivity contribution in [2.75, 3.05) is 19.6 Å². The SMILES string of the molecule is CCc1ccccc1C(CN)N1CCCC(CC)CC1. The predicted octanol–water partition coefficient (Wildman–Crippen LogP) is 3.76. The van der Waals surface area contributed by atoms with Crippen molar-refractivity contribution in [2.24, 2.45) is 11.7 Å². The van der Waals surface area contributed by atoms with Gasteiger partial charge < -0.3 is 5.73 Å². The Kier molecular flexibility index (Phi) is 6.06. The van der Waals surface area contributed by atoms with Gasteiger partial charge in [-0.15, -0.1) is 0 Å². The van der Waals surface area contributed by atoms with E-state index in [4.69, 9.17) is 5.73 Å². The average molecular weight is 274 g/mol. The van der Waals surface area contributed by atoms with E-state index in [-0.39, 0.29) is 0 Å². The summed E-state index contributed by atoms with van der Waals surface area (Å²) in [5, 5.41) is 0. The zero-order chi connectivity index (χ0) is 14.4. The number of nitrogens with zero attached hydrogens (tertiary/aromatic N) is 1. The molecule has 1 aromatic rings. The van der Waals surface area contributed by atoms with E-state index in [1.54, 1.807) is 0 Å². The number of hydrogen-bond donors (Lipinski definition) is 1. The van der Waals surface area contributed by atoms with Crippen LogP contribution in [0.3, 0.4) is 0 Å². The Hall–Kier alpha value is -0.860. The second-order valence-electron chi connectivity index (χ2n) is 6.05. The molecule has 2 atom stereocenters. The van der Waals surface area contributed by atoms with Crippen molar-refractivity contribution in [3.63, 3.8) is 0 Å². The van der Waals surface area contributed by atoms with Gasteiger partial charge in [0.1, 0.15) is 0 Å². The molecule has 112 valence electrons. The highest BCUT2D eigenvalue weighted by atomic mass is 15.2. The van der Waals surface area contributed by atoms with Gasteiger partial charge in [-0.25, -0.2) is 0 Å². The van der Waals surface area contributed by atoms with E-state index in [0.29, 0.717) is 6.04 Å². The summed E-state index contributed by atoms with van der Waals surface area (Å²) >= 11 is 0. The smallest absolute Gasteiger partial charge is 0.0473 e. The van der Waals surface area contributed by atoms with Crippen molar-refractivity contribution in [1.82, 2.24) is 4.90 Å². The van der Waals surface area contributed by atoms with Gasteiger partial charge in [-0.1, -0.05) is 44.5 Å². The van der Waals surface area contributed by atoms with Crippen molar-refractivity contribution < 1.29 is 0 Å². The van der Waals surface area contributed by atoms with E-state index in [1.807, 2.05) is 0 Å². The first-order valence-electron chi connectivity index (χ1n) is 8.32. The van der Waals surface area contributed by atoms with E-state index in [1.165, 1.54) is 49.9 Å². The molecule has 0 saturated carbocycles. The molecule has 0 spiro atoms. The zero-order valence-electron chi connectivity index (χ0n) is 13.1. The second-order valence-corrected chi connectivity index (χ2v) is 6.05. The first-order valence-corrected chi connectivity index (χ1v) is 8.32. The number of benzene rings is 1. The van der Waals surface area contributed by atoms with Gasteiger partial charge >= 0.3 is 0 Å². The fraction of sp³-hybridized carbons (Fsp3) is 0.667. The third kappa shape index (κ3) is 3.62. The molecule has 2 N–H and O–H groups in total. The summed E-state index contributed by atoms with van der Waals surface area (Å²) in [5.74, 6) is 0.917. The summed E-state index contributed by atoms with van der Waals surface area (Å²) in [6, 6.07) is 9.24. The molecule has 2 heteroatoms.